The molecule has 1 fully saturated rings. The third-order valence-electron chi connectivity index (χ3n) is 5.08. The minimum atomic E-state index is -0.448. The Morgan fingerprint density at radius 1 is 0.963 bits per heavy atom. The lowest BCUT2D eigenvalue weighted by molar-refractivity contribution is -0.741. The Kier molecular flexibility index (Phi) is 5.13. The zero-order valence-electron chi connectivity index (χ0n) is 14.6. The molecule has 3 rings (SSSR count). The number of nitrogens with two attached hydrogens (primary N) is 1. The normalized spacial score (nSPS) is 23.9. The van der Waals surface area contributed by atoms with Gasteiger partial charge in [-0.25, -0.2) is 0 Å². The SMILES string of the molecule is C[C@@H]1/C(=N/O)C[C@@H](c2ccc([N+](=O)[O-])cc2)[NH2+][C@H]1c1ccc([N+](=O)[O-])cc1. The Morgan fingerprint density at radius 3 is 1.89 bits per heavy atom. The third kappa shape index (κ3) is 3.77. The molecular weight excluding hydrogens is 352 g/mol. The predicted octanol–water partition coefficient (Wildman–Crippen LogP) is 2.72. The molecule has 140 valence electrons. The summed E-state index contributed by atoms with van der Waals surface area (Å²) in [5.41, 5.74) is 2.45. The quantitative estimate of drug-likeness (QED) is 0.484. The summed E-state index contributed by atoms with van der Waals surface area (Å²) in [6.07, 6.45) is 0.513. The summed E-state index contributed by atoms with van der Waals surface area (Å²) in [6.45, 7) is 1.95. The molecular formula is C18H19N4O5+. The van der Waals surface area contributed by atoms with Crippen molar-refractivity contribution < 1.29 is 20.4 Å². The van der Waals surface area contributed by atoms with Crippen molar-refractivity contribution in [2.75, 3.05) is 0 Å². The van der Waals surface area contributed by atoms with Crippen LogP contribution >= 0.6 is 0 Å². The lowest BCUT2D eigenvalue weighted by Crippen LogP contribution is -2.90. The predicted molar refractivity (Wildman–Crippen MR) is 96.6 cm³/mol. The van der Waals surface area contributed by atoms with Crippen molar-refractivity contribution in [3.8, 4) is 0 Å². The summed E-state index contributed by atoms with van der Waals surface area (Å²) in [5.74, 6) is -0.0641. The molecule has 2 aromatic carbocycles. The molecule has 0 aromatic heterocycles. The minimum Gasteiger partial charge on any atom is -0.411 e. The third-order valence-corrected chi connectivity index (χ3v) is 5.08. The van der Waals surface area contributed by atoms with Gasteiger partial charge in [-0.1, -0.05) is 12.1 Å². The first-order valence-corrected chi connectivity index (χ1v) is 8.45. The van der Waals surface area contributed by atoms with Crippen LogP contribution in [-0.2, 0) is 0 Å². The topological polar surface area (TPSA) is 135 Å². The van der Waals surface area contributed by atoms with E-state index in [1.165, 1.54) is 24.3 Å². The standard InChI is InChI=1S/C18H18N4O5/c1-11-16(20-23)10-17(12-2-6-14(7-3-12)21(24)25)19-18(11)13-4-8-15(9-5-13)22(26)27/h2-9,11,17-19,23H,10H2,1H3/p+1/b20-16+/t11-,17+,18-/m1/s1. The molecule has 0 aliphatic carbocycles. The van der Waals surface area contributed by atoms with Crippen LogP contribution in [0.1, 0.15) is 36.6 Å². The highest BCUT2D eigenvalue weighted by Crippen LogP contribution is 2.31. The van der Waals surface area contributed by atoms with Crippen LogP contribution in [0.2, 0.25) is 0 Å². The summed E-state index contributed by atoms with van der Waals surface area (Å²) in [6, 6.07) is 12.5. The van der Waals surface area contributed by atoms with Crippen LogP contribution in [0.3, 0.4) is 0 Å². The highest BCUT2D eigenvalue weighted by molar-refractivity contribution is 5.87. The Labute approximate surface area is 154 Å². The van der Waals surface area contributed by atoms with Crippen molar-refractivity contribution >= 4 is 17.1 Å². The van der Waals surface area contributed by atoms with E-state index >= 15 is 0 Å². The van der Waals surface area contributed by atoms with Gasteiger partial charge in [0.1, 0.15) is 12.1 Å². The number of non-ortho nitro benzene ring substituents is 2. The van der Waals surface area contributed by atoms with Gasteiger partial charge < -0.3 is 10.5 Å². The van der Waals surface area contributed by atoms with Crippen molar-refractivity contribution in [3.05, 3.63) is 79.9 Å². The summed E-state index contributed by atoms with van der Waals surface area (Å²) >= 11 is 0. The van der Waals surface area contributed by atoms with E-state index in [1.807, 2.05) is 6.92 Å². The molecule has 2 aromatic rings. The first-order valence-electron chi connectivity index (χ1n) is 8.45. The van der Waals surface area contributed by atoms with E-state index < -0.39 is 9.85 Å². The fraction of sp³-hybridized carbons (Fsp3) is 0.278. The van der Waals surface area contributed by atoms with Crippen molar-refractivity contribution in [1.82, 2.24) is 0 Å². The minimum absolute atomic E-state index is 0.0187. The molecule has 0 unspecified atom stereocenters. The van der Waals surface area contributed by atoms with E-state index in [0.717, 1.165) is 11.1 Å². The number of nitro groups is 2. The van der Waals surface area contributed by atoms with Gasteiger partial charge in [0.25, 0.3) is 11.4 Å². The maximum Gasteiger partial charge on any atom is 0.269 e. The molecule has 9 nitrogen and oxygen atoms in total. The highest BCUT2D eigenvalue weighted by Gasteiger charge is 2.38. The summed E-state index contributed by atoms with van der Waals surface area (Å²) in [5, 5.41) is 36.7. The second-order valence-corrected chi connectivity index (χ2v) is 6.61. The van der Waals surface area contributed by atoms with Crippen molar-refractivity contribution in [3.63, 3.8) is 0 Å². The van der Waals surface area contributed by atoms with Crippen LogP contribution < -0.4 is 5.32 Å². The number of hydrogen-bond acceptors (Lipinski definition) is 6. The van der Waals surface area contributed by atoms with E-state index in [0.29, 0.717) is 12.1 Å². The van der Waals surface area contributed by atoms with Crippen molar-refractivity contribution in [1.29, 1.82) is 0 Å². The lowest BCUT2D eigenvalue weighted by Gasteiger charge is -2.33. The van der Waals surface area contributed by atoms with Crippen LogP contribution in [0.4, 0.5) is 11.4 Å². The number of piperidine rings is 1. The molecule has 27 heavy (non-hydrogen) atoms. The van der Waals surface area contributed by atoms with Crippen molar-refractivity contribution in [2.45, 2.75) is 25.4 Å². The van der Waals surface area contributed by atoms with E-state index in [4.69, 9.17) is 0 Å². The number of nitro benzene ring substituents is 2. The second-order valence-electron chi connectivity index (χ2n) is 6.61. The van der Waals surface area contributed by atoms with Crippen LogP contribution in [-0.4, -0.2) is 20.8 Å². The molecule has 0 amide bonds. The Bertz CT molecular complexity index is 880. The van der Waals surface area contributed by atoms with Crippen LogP contribution in [0.5, 0.6) is 0 Å². The molecule has 1 aliphatic rings. The fourth-order valence-electron chi connectivity index (χ4n) is 3.53. The van der Waals surface area contributed by atoms with E-state index in [1.54, 1.807) is 24.3 Å². The molecule has 0 spiro atoms. The molecule has 3 N–H and O–H groups in total. The van der Waals surface area contributed by atoms with Crippen LogP contribution in [0.15, 0.2) is 53.7 Å². The Morgan fingerprint density at radius 2 is 1.44 bits per heavy atom. The first-order chi connectivity index (χ1) is 12.9. The van der Waals surface area contributed by atoms with Crippen molar-refractivity contribution in [2.24, 2.45) is 11.1 Å². The largest absolute Gasteiger partial charge is 0.411 e. The molecule has 0 bridgehead atoms. The smallest absolute Gasteiger partial charge is 0.269 e. The van der Waals surface area contributed by atoms with E-state index in [9.17, 15) is 25.4 Å². The molecule has 1 heterocycles. The van der Waals surface area contributed by atoms with Gasteiger partial charge in [-0.2, -0.15) is 0 Å². The van der Waals surface area contributed by atoms with Crippen LogP contribution in [0, 0.1) is 26.1 Å². The number of rotatable bonds is 4. The fourth-order valence-corrected chi connectivity index (χ4v) is 3.53. The average molecular weight is 371 g/mol. The first kappa shape index (κ1) is 18.5. The molecule has 1 aliphatic heterocycles. The molecule has 0 saturated carbocycles. The number of hydrogen-bond donors (Lipinski definition) is 2. The van der Waals surface area contributed by atoms with E-state index in [2.05, 4.69) is 10.5 Å². The molecule has 1 saturated heterocycles. The highest BCUT2D eigenvalue weighted by atomic mass is 16.6. The molecule has 3 atom stereocenters. The zero-order valence-corrected chi connectivity index (χ0v) is 14.6. The summed E-state index contributed by atoms with van der Waals surface area (Å²) in [7, 11) is 0. The number of quaternary nitrogens is 1. The van der Waals surface area contributed by atoms with Gasteiger partial charge in [0.05, 0.1) is 21.5 Å². The molecule has 9 heteroatoms. The van der Waals surface area contributed by atoms with Gasteiger partial charge in [-0.3, -0.25) is 20.2 Å². The van der Waals surface area contributed by atoms with Gasteiger partial charge in [0.15, 0.2) is 0 Å². The summed E-state index contributed by atoms with van der Waals surface area (Å²) in [4.78, 5) is 20.8. The maximum atomic E-state index is 10.9. The zero-order chi connectivity index (χ0) is 19.6. The number of nitrogens with zero attached hydrogens (tertiary/aromatic N) is 3. The average Bonchev–Trinajstić information content (AvgIpc) is 2.68. The lowest BCUT2D eigenvalue weighted by atomic mass is 9.81. The van der Waals surface area contributed by atoms with Gasteiger partial charge in [-0.05, 0) is 24.3 Å². The Hall–Kier alpha value is -3.33. The Balaban J connectivity index is 1.89. The number of benzene rings is 2. The van der Waals surface area contributed by atoms with Gasteiger partial charge in [0, 0.05) is 41.8 Å². The monoisotopic (exact) mass is 371 g/mol. The van der Waals surface area contributed by atoms with Gasteiger partial charge in [0.2, 0.25) is 0 Å². The summed E-state index contributed by atoms with van der Waals surface area (Å²) < 4.78 is 0. The maximum absolute atomic E-state index is 10.9. The van der Waals surface area contributed by atoms with Gasteiger partial charge in [-0.15, -0.1) is 0 Å². The van der Waals surface area contributed by atoms with Crippen LogP contribution in [0.25, 0.3) is 0 Å². The van der Waals surface area contributed by atoms with E-state index in [-0.39, 0.29) is 29.4 Å². The van der Waals surface area contributed by atoms with Gasteiger partial charge >= 0.3 is 0 Å². The molecule has 0 radical (unpaired) electrons. The second kappa shape index (κ2) is 7.50. The number of oxime groups is 1.